The van der Waals surface area contributed by atoms with Gasteiger partial charge in [-0.05, 0) is 42.9 Å². The van der Waals surface area contributed by atoms with Crippen LogP contribution in [0.1, 0.15) is 30.9 Å². The second-order valence-electron chi connectivity index (χ2n) is 5.29. The van der Waals surface area contributed by atoms with Gasteiger partial charge >= 0.3 is 0 Å². The highest BCUT2D eigenvalue weighted by Gasteiger charge is 2.25. The molecule has 0 saturated carbocycles. The lowest BCUT2D eigenvalue weighted by atomic mass is 9.99. The van der Waals surface area contributed by atoms with Gasteiger partial charge in [-0.3, -0.25) is 0 Å². The third kappa shape index (κ3) is 4.03. The van der Waals surface area contributed by atoms with E-state index in [1.807, 2.05) is 0 Å². The summed E-state index contributed by atoms with van der Waals surface area (Å²) in [6, 6.07) is 8.44. The van der Waals surface area contributed by atoms with Crippen molar-refractivity contribution in [1.29, 1.82) is 0 Å². The highest BCUT2D eigenvalue weighted by molar-refractivity contribution is 5.27. The first-order valence-corrected chi connectivity index (χ1v) is 7.44. The average Bonchev–Trinajstić information content (AvgIpc) is 2.91. The molecule has 1 saturated heterocycles. The minimum Gasteiger partial charge on any atom is -0.378 e. The summed E-state index contributed by atoms with van der Waals surface area (Å²) in [5.41, 5.74) is 8.39. The van der Waals surface area contributed by atoms with E-state index in [4.69, 9.17) is 10.5 Å². The molecule has 3 nitrogen and oxygen atoms in total. The quantitative estimate of drug-likeness (QED) is 0.740. The zero-order chi connectivity index (χ0) is 13.5. The molecular weight excluding hydrogens is 236 g/mol. The van der Waals surface area contributed by atoms with Crippen LogP contribution in [0.25, 0.3) is 0 Å². The smallest absolute Gasteiger partial charge is 0.0613 e. The van der Waals surface area contributed by atoms with Gasteiger partial charge in [-0.25, -0.2) is 0 Å². The Balaban J connectivity index is 1.72. The fourth-order valence-corrected chi connectivity index (χ4v) is 2.89. The van der Waals surface area contributed by atoms with E-state index < -0.39 is 0 Å². The summed E-state index contributed by atoms with van der Waals surface area (Å²) < 4.78 is 5.71. The van der Waals surface area contributed by atoms with Crippen LogP contribution < -0.4 is 11.1 Å². The van der Waals surface area contributed by atoms with Gasteiger partial charge in [0.2, 0.25) is 0 Å². The normalized spacial score (nSPS) is 22.8. The molecule has 1 aliphatic heterocycles. The number of benzene rings is 1. The molecule has 0 spiro atoms. The molecule has 3 heteroatoms. The van der Waals surface area contributed by atoms with Crippen LogP contribution in [0.5, 0.6) is 0 Å². The molecule has 2 atom stereocenters. The Labute approximate surface area is 116 Å². The van der Waals surface area contributed by atoms with E-state index in [2.05, 4.69) is 36.5 Å². The first-order valence-electron chi connectivity index (χ1n) is 7.44. The molecule has 2 rings (SSSR count). The fraction of sp³-hybridized carbons (Fsp3) is 0.625. The SMILES string of the molecule is CCC1OCCC1CNCCc1ccccc1CN. The number of nitrogens with two attached hydrogens (primary N) is 1. The maximum absolute atomic E-state index is 5.75. The predicted molar refractivity (Wildman–Crippen MR) is 79.0 cm³/mol. The monoisotopic (exact) mass is 262 g/mol. The van der Waals surface area contributed by atoms with Crippen LogP contribution in [0.3, 0.4) is 0 Å². The van der Waals surface area contributed by atoms with Crippen LogP contribution in [0.4, 0.5) is 0 Å². The molecule has 1 fully saturated rings. The predicted octanol–water partition coefficient (Wildman–Crippen LogP) is 2.09. The molecule has 3 N–H and O–H groups in total. The Bertz CT molecular complexity index is 381. The maximum atomic E-state index is 5.75. The summed E-state index contributed by atoms with van der Waals surface area (Å²) >= 11 is 0. The Morgan fingerprint density at radius 1 is 1.32 bits per heavy atom. The Morgan fingerprint density at radius 3 is 2.84 bits per heavy atom. The number of hydrogen-bond donors (Lipinski definition) is 2. The summed E-state index contributed by atoms with van der Waals surface area (Å²) in [6.45, 7) is 5.86. The highest BCUT2D eigenvalue weighted by Crippen LogP contribution is 2.22. The third-order valence-corrected chi connectivity index (χ3v) is 4.06. The fourth-order valence-electron chi connectivity index (χ4n) is 2.89. The van der Waals surface area contributed by atoms with Crippen molar-refractivity contribution in [3.05, 3.63) is 35.4 Å². The van der Waals surface area contributed by atoms with Gasteiger partial charge in [-0.15, -0.1) is 0 Å². The summed E-state index contributed by atoms with van der Waals surface area (Å²) in [7, 11) is 0. The minimum atomic E-state index is 0.462. The lowest BCUT2D eigenvalue weighted by Gasteiger charge is -2.17. The molecule has 0 radical (unpaired) electrons. The molecule has 1 heterocycles. The highest BCUT2D eigenvalue weighted by atomic mass is 16.5. The van der Waals surface area contributed by atoms with Gasteiger partial charge in [0.05, 0.1) is 6.10 Å². The molecule has 0 aromatic heterocycles. The molecule has 0 aliphatic carbocycles. The van der Waals surface area contributed by atoms with Crippen LogP contribution in [-0.2, 0) is 17.7 Å². The van der Waals surface area contributed by atoms with Crippen molar-refractivity contribution in [2.75, 3.05) is 19.7 Å². The average molecular weight is 262 g/mol. The van der Waals surface area contributed by atoms with Crippen LogP contribution >= 0.6 is 0 Å². The lowest BCUT2D eigenvalue weighted by molar-refractivity contribution is 0.0873. The molecule has 0 bridgehead atoms. The molecular formula is C16H26N2O. The summed E-state index contributed by atoms with van der Waals surface area (Å²) in [5, 5.41) is 3.57. The van der Waals surface area contributed by atoms with Crippen molar-refractivity contribution in [2.45, 2.75) is 38.8 Å². The first kappa shape index (κ1) is 14.5. The van der Waals surface area contributed by atoms with Crippen molar-refractivity contribution in [3.63, 3.8) is 0 Å². The van der Waals surface area contributed by atoms with Crippen molar-refractivity contribution >= 4 is 0 Å². The minimum absolute atomic E-state index is 0.462. The van der Waals surface area contributed by atoms with Crippen LogP contribution in [-0.4, -0.2) is 25.8 Å². The second-order valence-corrected chi connectivity index (χ2v) is 5.29. The molecule has 19 heavy (non-hydrogen) atoms. The number of nitrogens with one attached hydrogen (secondary N) is 1. The Morgan fingerprint density at radius 2 is 2.11 bits per heavy atom. The van der Waals surface area contributed by atoms with Crippen molar-refractivity contribution in [2.24, 2.45) is 11.7 Å². The van der Waals surface area contributed by atoms with E-state index >= 15 is 0 Å². The van der Waals surface area contributed by atoms with E-state index in [-0.39, 0.29) is 0 Å². The van der Waals surface area contributed by atoms with Crippen molar-refractivity contribution in [3.8, 4) is 0 Å². The van der Waals surface area contributed by atoms with E-state index in [1.54, 1.807) is 0 Å². The van der Waals surface area contributed by atoms with E-state index in [1.165, 1.54) is 17.5 Å². The van der Waals surface area contributed by atoms with Crippen molar-refractivity contribution in [1.82, 2.24) is 5.32 Å². The van der Waals surface area contributed by atoms with E-state index in [9.17, 15) is 0 Å². The van der Waals surface area contributed by atoms with Gasteiger partial charge in [-0.1, -0.05) is 31.2 Å². The van der Waals surface area contributed by atoms with Gasteiger partial charge in [-0.2, -0.15) is 0 Å². The standard InChI is InChI=1S/C16H26N2O/c1-2-16-15(8-10-19-16)12-18-9-7-13-5-3-4-6-14(13)11-17/h3-6,15-16,18H,2,7-12,17H2,1H3. The zero-order valence-corrected chi connectivity index (χ0v) is 11.9. The van der Waals surface area contributed by atoms with E-state index in [0.717, 1.165) is 32.5 Å². The van der Waals surface area contributed by atoms with Crippen LogP contribution in [0, 0.1) is 5.92 Å². The number of hydrogen-bond acceptors (Lipinski definition) is 3. The number of ether oxygens (including phenoxy) is 1. The third-order valence-electron chi connectivity index (χ3n) is 4.06. The summed E-state index contributed by atoms with van der Waals surface area (Å²) in [6.07, 6.45) is 3.84. The second kappa shape index (κ2) is 7.63. The molecule has 0 amide bonds. The topological polar surface area (TPSA) is 47.3 Å². The van der Waals surface area contributed by atoms with Gasteiger partial charge in [0.1, 0.15) is 0 Å². The van der Waals surface area contributed by atoms with Gasteiger partial charge in [0, 0.05) is 19.7 Å². The zero-order valence-electron chi connectivity index (χ0n) is 11.9. The summed E-state index contributed by atoms with van der Waals surface area (Å²) in [4.78, 5) is 0. The first-order chi connectivity index (χ1) is 9.35. The lowest BCUT2D eigenvalue weighted by Crippen LogP contribution is -2.29. The van der Waals surface area contributed by atoms with Gasteiger partial charge in [0.25, 0.3) is 0 Å². The molecule has 1 aromatic carbocycles. The summed E-state index contributed by atoms with van der Waals surface area (Å²) in [5.74, 6) is 0.690. The Kier molecular flexibility index (Phi) is 5.83. The van der Waals surface area contributed by atoms with Crippen LogP contribution in [0.2, 0.25) is 0 Å². The Hall–Kier alpha value is -0.900. The molecule has 106 valence electrons. The van der Waals surface area contributed by atoms with Gasteiger partial charge < -0.3 is 15.8 Å². The molecule has 2 unspecified atom stereocenters. The number of rotatable bonds is 7. The van der Waals surface area contributed by atoms with Crippen molar-refractivity contribution < 1.29 is 4.74 Å². The van der Waals surface area contributed by atoms with E-state index in [0.29, 0.717) is 18.6 Å². The largest absolute Gasteiger partial charge is 0.378 e. The molecule has 1 aromatic rings. The van der Waals surface area contributed by atoms with Crippen LogP contribution in [0.15, 0.2) is 24.3 Å². The van der Waals surface area contributed by atoms with Gasteiger partial charge in [0.15, 0.2) is 0 Å². The molecule has 1 aliphatic rings. The maximum Gasteiger partial charge on any atom is 0.0613 e.